The Morgan fingerprint density at radius 3 is 2.52 bits per heavy atom. The Kier molecular flexibility index (Phi) is 7.29. The fourth-order valence-electron chi connectivity index (χ4n) is 2.37. The van der Waals surface area contributed by atoms with E-state index in [9.17, 15) is 17.5 Å². The molecule has 0 aliphatic rings. The molecule has 2 aromatic rings. The molecule has 0 aliphatic carbocycles. The maximum atomic E-state index is 13.0. The molecule has 9 nitrogen and oxygen atoms in total. The maximum Gasteiger partial charge on any atom is 0.345 e. The molecule has 0 fully saturated rings. The number of H-pyrrole nitrogens is 1. The third-order valence-electron chi connectivity index (χ3n) is 3.83. The minimum Gasteiger partial charge on any atom is -0.372 e. The van der Waals surface area contributed by atoms with Gasteiger partial charge in [0.15, 0.2) is 0 Å². The number of benzene rings is 1. The number of aromatic nitrogens is 2. The van der Waals surface area contributed by atoms with E-state index in [2.05, 4.69) is 33.8 Å². The van der Waals surface area contributed by atoms with Gasteiger partial charge in [-0.05, 0) is 43.5 Å². The lowest BCUT2D eigenvalue weighted by Gasteiger charge is -2.21. The number of aromatic amines is 1. The van der Waals surface area contributed by atoms with Crippen LogP contribution in [0.15, 0.2) is 32.8 Å². The summed E-state index contributed by atoms with van der Waals surface area (Å²) in [5.74, 6) is -3.57. The van der Waals surface area contributed by atoms with E-state index in [4.69, 9.17) is 6.57 Å². The van der Waals surface area contributed by atoms with E-state index in [0.29, 0.717) is 24.5 Å². The van der Waals surface area contributed by atoms with Crippen LogP contribution in [0.25, 0.3) is 4.85 Å². The zero-order chi connectivity index (χ0) is 21.6. The first kappa shape index (κ1) is 22.3. The van der Waals surface area contributed by atoms with E-state index in [1.807, 2.05) is 18.7 Å². The highest BCUT2D eigenvalue weighted by molar-refractivity contribution is 7.89. The predicted octanol–water partition coefficient (Wildman–Crippen LogP) is 5.67. The average Bonchev–Trinajstić information content (AvgIpc) is 3.07. The Hall–Kier alpha value is -2.98. The number of imidazole rings is 1. The summed E-state index contributed by atoms with van der Waals surface area (Å²) in [6.45, 7) is 13.6. The van der Waals surface area contributed by atoms with E-state index >= 15 is 0 Å². The lowest BCUT2D eigenvalue weighted by atomic mass is 10.2. The zero-order valence-electron chi connectivity index (χ0n) is 15.8. The van der Waals surface area contributed by atoms with Crippen LogP contribution in [-0.4, -0.2) is 33.0 Å². The highest BCUT2D eigenvalue weighted by Gasteiger charge is 2.25. The van der Waals surface area contributed by atoms with Gasteiger partial charge in [0, 0.05) is 24.5 Å². The van der Waals surface area contributed by atoms with Crippen LogP contribution >= 0.6 is 0 Å². The quantitative estimate of drug-likeness (QED) is 0.432. The number of azo groups is 1. The van der Waals surface area contributed by atoms with Crippen molar-refractivity contribution in [2.24, 2.45) is 14.6 Å². The molecular formula is C16H18F3N7O2S. The number of nitrogens with one attached hydrogen (secondary N) is 1. The molecule has 1 heterocycles. The summed E-state index contributed by atoms with van der Waals surface area (Å²) in [6.07, 6.45) is 0. The minimum absolute atomic E-state index is 0.00334. The van der Waals surface area contributed by atoms with Crippen molar-refractivity contribution in [1.82, 2.24) is 9.97 Å². The Morgan fingerprint density at radius 2 is 2.00 bits per heavy atom. The number of aryl methyl sites for hydroxylation is 1. The second kappa shape index (κ2) is 9.48. The Balaban J connectivity index is 2.58. The molecule has 1 atom stereocenters. The van der Waals surface area contributed by atoms with Crippen molar-refractivity contribution in [2.45, 2.75) is 26.5 Å². The third-order valence-corrected chi connectivity index (χ3v) is 4.92. The average molecular weight is 429 g/mol. The molecular weight excluding hydrogens is 411 g/mol. The number of rotatable bonds is 8. The number of hydrogen-bond donors (Lipinski definition) is 1. The van der Waals surface area contributed by atoms with Gasteiger partial charge in [-0.25, -0.2) is 4.21 Å². The van der Waals surface area contributed by atoms with Gasteiger partial charge in [-0.2, -0.15) is 13.1 Å². The molecule has 0 bridgehead atoms. The Labute approximate surface area is 165 Å². The first-order valence-corrected chi connectivity index (χ1v) is 9.87. The van der Waals surface area contributed by atoms with Crippen LogP contribution < -0.4 is 4.90 Å². The lowest BCUT2D eigenvalue weighted by Crippen LogP contribution is -2.21. The fourth-order valence-corrected chi connectivity index (χ4v) is 2.95. The summed E-state index contributed by atoms with van der Waals surface area (Å²) in [5.41, 5.74) is 0.688. The molecule has 29 heavy (non-hydrogen) atoms. The summed E-state index contributed by atoms with van der Waals surface area (Å²) in [7, 11) is -4.92. The Morgan fingerprint density at radius 1 is 1.31 bits per heavy atom. The van der Waals surface area contributed by atoms with E-state index < -0.39 is 15.8 Å². The maximum absolute atomic E-state index is 13.0. The van der Waals surface area contributed by atoms with Gasteiger partial charge in [0.2, 0.25) is 0 Å². The Bertz CT molecular complexity index is 1050. The van der Waals surface area contributed by atoms with Crippen LogP contribution in [0.1, 0.15) is 19.5 Å². The summed E-state index contributed by atoms with van der Waals surface area (Å²) >= 11 is 0. The highest BCUT2D eigenvalue weighted by Crippen LogP contribution is 2.36. The molecule has 0 saturated heterocycles. The smallest absolute Gasteiger partial charge is 0.345 e. The van der Waals surface area contributed by atoms with Crippen molar-refractivity contribution < 1.29 is 21.9 Å². The highest BCUT2D eigenvalue weighted by atomic mass is 32.2. The van der Waals surface area contributed by atoms with Crippen LogP contribution in [0.2, 0.25) is 0 Å². The van der Waals surface area contributed by atoms with Gasteiger partial charge in [0.1, 0.15) is 11.4 Å². The molecule has 0 amide bonds. The first-order valence-electron chi connectivity index (χ1n) is 8.37. The zero-order valence-corrected chi connectivity index (χ0v) is 16.6. The van der Waals surface area contributed by atoms with Gasteiger partial charge in [-0.1, -0.05) is 21.1 Å². The van der Waals surface area contributed by atoms with Gasteiger partial charge in [-0.15, -0.1) is 5.11 Å². The number of nitrogens with zero attached hydrogens (tertiary/aromatic N) is 6. The second-order valence-corrected chi connectivity index (χ2v) is 7.29. The fraction of sp³-hybridized carbons (Fsp3) is 0.375. The van der Waals surface area contributed by atoms with Crippen molar-refractivity contribution in [1.29, 1.82) is 0 Å². The van der Waals surface area contributed by atoms with E-state index in [-0.39, 0.29) is 23.1 Å². The summed E-state index contributed by atoms with van der Waals surface area (Å²) < 4.78 is 56.7. The van der Waals surface area contributed by atoms with Crippen LogP contribution in [0.5, 0.6) is 0 Å². The largest absolute Gasteiger partial charge is 0.372 e. The monoisotopic (exact) mass is 429 g/mol. The second-order valence-electron chi connectivity index (χ2n) is 5.60. The molecule has 0 radical (unpaired) electrons. The van der Waals surface area contributed by atoms with Gasteiger partial charge < -0.3 is 14.7 Å². The van der Waals surface area contributed by atoms with E-state index in [0.717, 1.165) is 0 Å². The van der Waals surface area contributed by atoms with Gasteiger partial charge in [0.25, 0.3) is 15.8 Å². The summed E-state index contributed by atoms with van der Waals surface area (Å²) in [4.78, 5) is 11.7. The molecule has 2 rings (SSSR count). The first-order chi connectivity index (χ1) is 13.8. The minimum atomic E-state index is -4.92. The van der Waals surface area contributed by atoms with Crippen molar-refractivity contribution in [3.05, 3.63) is 35.3 Å². The van der Waals surface area contributed by atoms with Crippen molar-refractivity contribution in [3.8, 4) is 0 Å². The molecule has 156 valence electrons. The van der Waals surface area contributed by atoms with Crippen molar-refractivity contribution in [3.63, 3.8) is 0 Å². The van der Waals surface area contributed by atoms with E-state index in [1.165, 1.54) is 12.1 Å². The molecule has 1 unspecified atom stereocenters. The summed E-state index contributed by atoms with van der Waals surface area (Å²) in [5, 5.41) is 7.67. The topological polar surface area (TPSA) is 99.7 Å². The molecule has 1 aromatic carbocycles. The van der Waals surface area contributed by atoms with Gasteiger partial charge in [0.05, 0.1) is 0 Å². The standard InChI is InChI=1S/C16H18F3N7O2S/c1-5-26(6-2)11-7-8-12(13(9-11)25-29(27,28-19)15(17)18)23-24-16-21-10(3)14(20-4)22-16/h7-9,15H,5-6H2,1-3H3,(H,21,22). The molecule has 1 N–H and O–H groups in total. The van der Waals surface area contributed by atoms with Gasteiger partial charge >= 0.3 is 11.7 Å². The van der Waals surface area contributed by atoms with Crippen LogP contribution in [0.4, 0.5) is 42.1 Å². The summed E-state index contributed by atoms with van der Waals surface area (Å²) in [6, 6.07) is 4.38. The molecule has 1 aromatic heterocycles. The number of alkyl halides is 2. The molecule has 13 heteroatoms. The number of anilines is 1. The van der Waals surface area contributed by atoms with Gasteiger partial charge in [-0.3, -0.25) is 0 Å². The lowest BCUT2D eigenvalue weighted by molar-refractivity contribution is -0.000950. The molecule has 0 saturated carbocycles. The molecule has 0 spiro atoms. The van der Waals surface area contributed by atoms with Crippen LogP contribution in [0.3, 0.4) is 0 Å². The third kappa shape index (κ3) is 5.09. The van der Waals surface area contributed by atoms with Crippen LogP contribution in [0, 0.1) is 13.5 Å². The van der Waals surface area contributed by atoms with Crippen molar-refractivity contribution >= 4 is 38.8 Å². The normalized spacial score (nSPS) is 13.4. The predicted molar refractivity (Wildman–Crippen MR) is 102 cm³/mol. The number of halogens is 3. The number of hydrogen-bond acceptors (Lipinski definition) is 7. The SMILES string of the molecule is [C-]#[N+]c1nc(N=Nc2ccc(N(CC)CC)cc2N=S(=O)(OF)C(F)F)[nH]c1C. The van der Waals surface area contributed by atoms with E-state index in [1.54, 1.807) is 13.0 Å². The van der Waals surface area contributed by atoms with Crippen molar-refractivity contribution in [2.75, 3.05) is 18.0 Å². The molecule has 0 aliphatic heterocycles. The van der Waals surface area contributed by atoms with Crippen LogP contribution in [-0.2, 0) is 14.4 Å².